The standard InChI is InChI=1S/C17H25NO2S/c1-13-6-2-3-7-14(13)12-18-16-10-11-21(19,20)17-9-5-4-8-15(16)17/h4-5,8-9,13-14,16,18H,2-3,6-7,10-12H2,1H3. The van der Waals surface area contributed by atoms with Crippen molar-refractivity contribution >= 4 is 9.84 Å². The summed E-state index contributed by atoms with van der Waals surface area (Å²) in [5.74, 6) is 1.79. The van der Waals surface area contributed by atoms with E-state index in [-0.39, 0.29) is 11.8 Å². The van der Waals surface area contributed by atoms with Gasteiger partial charge in [0.2, 0.25) is 0 Å². The maximum Gasteiger partial charge on any atom is 0.178 e. The molecule has 0 radical (unpaired) electrons. The molecule has 0 amide bonds. The van der Waals surface area contributed by atoms with E-state index in [4.69, 9.17) is 0 Å². The van der Waals surface area contributed by atoms with Crippen LogP contribution in [0.15, 0.2) is 29.2 Å². The molecule has 1 N–H and O–H groups in total. The fraction of sp³-hybridized carbons (Fsp3) is 0.647. The molecule has 0 spiro atoms. The maximum absolute atomic E-state index is 12.1. The predicted molar refractivity (Wildman–Crippen MR) is 85.0 cm³/mol. The third kappa shape index (κ3) is 3.16. The zero-order chi connectivity index (χ0) is 14.9. The minimum atomic E-state index is -3.07. The molecule has 2 aliphatic rings. The second-order valence-corrected chi connectivity index (χ2v) is 8.71. The van der Waals surface area contributed by atoms with Gasteiger partial charge in [0.05, 0.1) is 10.6 Å². The van der Waals surface area contributed by atoms with E-state index in [2.05, 4.69) is 12.2 Å². The Morgan fingerprint density at radius 2 is 1.90 bits per heavy atom. The summed E-state index contributed by atoms with van der Waals surface area (Å²) in [5, 5.41) is 3.65. The molecule has 1 heterocycles. The van der Waals surface area contributed by atoms with Gasteiger partial charge in [-0.25, -0.2) is 8.42 Å². The van der Waals surface area contributed by atoms with Crippen LogP contribution in [0.4, 0.5) is 0 Å². The number of benzene rings is 1. The average Bonchev–Trinajstić information content (AvgIpc) is 2.48. The Kier molecular flexibility index (Phi) is 4.36. The quantitative estimate of drug-likeness (QED) is 0.932. The minimum absolute atomic E-state index is 0.193. The lowest BCUT2D eigenvalue weighted by molar-refractivity contribution is 0.239. The van der Waals surface area contributed by atoms with Gasteiger partial charge in [-0.15, -0.1) is 0 Å². The molecule has 1 aliphatic carbocycles. The Labute approximate surface area is 128 Å². The first-order valence-electron chi connectivity index (χ1n) is 8.13. The SMILES string of the molecule is CC1CCCCC1CNC1CCS(=O)(=O)c2ccccc21. The number of sulfone groups is 1. The monoisotopic (exact) mass is 307 g/mol. The molecule has 1 aliphatic heterocycles. The molecular formula is C17H25NO2S. The van der Waals surface area contributed by atoms with Gasteiger partial charge in [0.1, 0.15) is 0 Å². The first kappa shape index (κ1) is 15.0. The number of nitrogens with one attached hydrogen (secondary N) is 1. The molecule has 0 aromatic heterocycles. The van der Waals surface area contributed by atoms with E-state index in [1.165, 1.54) is 25.7 Å². The highest BCUT2D eigenvalue weighted by Crippen LogP contribution is 2.33. The lowest BCUT2D eigenvalue weighted by atomic mass is 9.80. The van der Waals surface area contributed by atoms with Gasteiger partial charge in [-0.2, -0.15) is 0 Å². The van der Waals surface area contributed by atoms with E-state index in [9.17, 15) is 8.42 Å². The topological polar surface area (TPSA) is 46.2 Å². The van der Waals surface area contributed by atoms with Crippen molar-refractivity contribution in [2.24, 2.45) is 11.8 Å². The second kappa shape index (κ2) is 6.09. The Morgan fingerprint density at radius 3 is 2.71 bits per heavy atom. The first-order valence-corrected chi connectivity index (χ1v) is 9.78. The Morgan fingerprint density at radius 1 is 1.14 bits per heavy atom. The van der Waals surface area contributed by atoms with Gasteiger partial charge in [0.25, 0.3) is 0 Å². The zero-order valence-electron chi connectivity index (χ0n) is 12.7. The fourth-order valence-electron chi connectivity index (χ4n) is 3.79. The highest BCUT2D eigenvalue weighted by molar-refractivity contribution is 7.91. The molecular weight excluding hydrogens is 282 g/mol. The molecule has 1 aromatic rings. The zero-order valence-corrected chi connectivity index (χ0v) is 13.5. The van der Waals surface area contributed by atoms with E-state index in [0.29, 0.717) is 11.3 Å². The number of hydrogen-bond acceptors (Lipinski definition) is 3. The predicted octanol–water partition coefficient (Wildman–Crippen LogP) is 3.32. The molecule has 1 saturated carbocycles. The molecule has 3 rings (SSSR count). The van der Waals surface area contributed by atoms with Crippen LogP contribution in [0.25, 0.3) is 0 Å². The van der Waals surface area contributed by atoms with Crippen LogP contribution >= 0.6 is 0 Å². The van der Waals surface area contributed by atoms with E-state index in [1.807, 2.05) is 18.2 Å². The van der Waals surface area contributed by atoms with Crippen LogP contribution in [0.1, 0.15) is 50.6 Å². The molecule has 4 heteroatoms. The second-order valence-electron chi connectivity index (χ2n) is 6.63. The molecule has 21 heavy (non-hydrogen) atoms. The van der Waals surface area contributed by atoms with Crippen LogP contribution in [-0.4, -0.2) is 20.7 Å². The molecule has 116 valence electrons. The number of hydrogen-bond donors (Lipinski definition) is 1. The van der Waals surface area contributed by atoms with Crippen LogP contribution in [0, 0.1) is 11.8 Å². The Hall–Kier alpha value is -0.870. The normalized spacial score (nSPS) is 31.6. The fourth-order valence-corrected chi connectivity index (χ4v) is 5.41. The molecule has 0 saturated heterocycles. The van der Waals surface area contributed by atoms with Crippen molar-refractivity contribution in [1.29, 1.82) is 0 Å². The summed E-state index contributed by atoms with van der Waals surface area (Å²) in [6, 6.07) is 7.67. The van der Waals surface area contributed by atoms with Crippen LogP contribution in [0.5, 0.6) is 0 Å². The van der Waals surface area contributed by atoms with Gasteiger partial charge in [0, 0.05) is 6.04 Å². The molecule has 3 unspecified atom stereocenters. The molecule has 0 bridgehead atoms. The molecule has 3 atom stereocenters. The Balaban J connectivity index is 1.72. The highest BCUT2D eigenvalue weighted by Gasteiger charge is 2.30. The van der Waals surface area contributed by atoms with E-state index in [1.54, 1.807) is 6.07 Å². The highest BCUT2D eigenvalue weighted by atomic mass is 32.2. The Bertz CT molecular complexity index is 597. The summed E-state index contributed by atoms with van der Waals surface area (Å²) in [4.78, 5) is 0.533. The van der Waals surface area contributed by atoms with E-state index >= 15 is 0 Å². The largest absolute Gasteiger partial charge is 0.310 e. The lowest BCUT2D eigenvalue weighted by Gasteiger charge is -2.32. The van der Waals surface area contributed by atoms with Crippen LogP contribution < -0.4 is 5.32 Å². The van der Waals surface area contributed by atoms with Gasteiger partial charge >= 0.3 is 0 Å². The van der Waals surface area contributed by atoms with Crippen molar-refractivity contribution in [3.8, 4) is 0 Å². The van der Waals surface area contributed by atoms with Crippen LogP contribution in [-0.2, 0) is 9.84 Å². The van der Waals surface area contributed by atoms with Gasteiger partial charge < -0.3 is 5.32 Å². The van der Waals surface area contributed by atoms with Gasteiger partial charge in [-0.05, 0) is 42.9 Å². The molecule has 1 fully saturated rings. The van der Waals surface area contributed by atoms with Crippen molar-refractivity contribution < 1.29 is 8.42 Å². The van der Waals surface area contributed by atoms with Gasteiger partial charge in [-0.3, -0.25) is 0 Å². The third-order valence-corrected chi connectivity index (χ3v) is 7.04. The summed E-state index contributed by atoms with van der Waals surface area (Å²) in [6.45, 7) is 3.37. The van der Waals surface area contributed by atoms with Crippen LogP contribution in [0.3, 0.4) is 0 Å². The summed E-state index contributed by atoms with van der Waals surface area (Å²) < 4.78 is 24.3. The summed E-state index contributed by atoms with van der Waals surface area (Å²) >= 11 is 0. The summed E-state index contributed by atoms with van der Waals surface area (Å²) in [5.41, 5.74) is 0.965. The molecule has 1 aromatic carbocycles. The third-order valence-electron chi connectivity index (χ3n) is 5.22. The average molecular weight is 307 g/mol. The van der Waals surface area contributed by atoms with Crippen molar-refractivity contribution in [3.05, 3.63) is 29.8 Å². The maximum atomic E-state index is 12.1. The van der Waals surface area contributed by atoms with Crippen molar-refractivity contribution in [1.82, 2.24) is 5.32 Å². The van der Waals surface area contributed by atoms with Crippen molar-refractivity contribution in [2.75, 3.05) is 12.3 Å². The van der Waals surface area contributed by atoms with Gasteiger partial charge in [-0.1, -0.05) is 44.4 Å². The van der Waals surface area contributed by atoms with Gasteiger partial charge in [0.15, 0.2) is 9.84 Å². The number of rotatable bonds is 3. The summed E-state index contributed by atoms with van der Waals surface area (Å²) in [7, 11) is -3.07. The first-order chi connectivity index (χ1) is 10.1. The van der Waals surface area contributed by atoms with Crippen molar-refractivity contribution in [2.45, 2.75) is 50.0 Å². The van der Waals surface area contributed by atoms with Crippen molar-refractivity contribution in [3.63, 3.8) is 0 Å². The van der Waals surface area contributed by atoms with E-state index in [0.717, 1.165) is 23.9 Å². The summed E-state index contributed by atoms with van der Waals surface area (Å²) in [6.07, 6.45) is 6.04. The minimum Gasteiger partial charge on any atom is -0.310 e. The van der Waals surface area contributed by atoms with E-state index < -0.39 is 9.84 Å². The molecule has 3 nitrogen and oxygen atoms in total. The number of fused-ring (bicyclic) bond motifs is 1. The van der Waals surface area contributed by atoms with Crippen LogP contribution in [0.2, 0.25) is 0 Å². The smallest absolute Gasteiger partial charge is 0.178 e. The lowest BCUT2D eigenvalue weighted by Crippen LogP contribution is -2.35.